The number of hydrogen-bond acceptors (Lipinski definition) is 7. The fourth-order valence-electron chi connectivity index (χ4n) is 1.92. The molecule has 8 heteroatoms. The number of methoxy groups -OCH3 is 1. The number of rotatable bonds is 5. The molecule has 0 aliphatic rings. The van der Waals surface area contributed by atoms with E-state index in [2.05, 4.69) is 15.5 Å². The van der Waals surface area contributed by atoms with Gasteiger partial charge in [0.05, 0.1) is 7.11 Å². The van der Waals surface area contributed by atoms with Crippen molar-refractivity contribution in [3.05, 3.63) is 53.8 Å². The van der Waals surface area contributed by atoms with E-state index < -0.39 is 5.82 Å². The van der Waals surface area contributed by atoms with Gasteiger partial charge in [-0.3, -0.25) is 0 Å². The van der Waals surface area contributed by atoms with E-state index in [1.54, 1.807) is 19.2 Å². The summed E-state index contributed by atoms with van der Waals surface area (Å²) >= 11 is 2.53. The van der Waals surface area contributed by atoms with Gasteiger partial charge >= 0.3 is 0 Å². The summed E-state index contributed by atoms with van der Waals surface area (Å²) in [5.41, 5.74) is 0.838. The molecule has 5 nitrogen and oxygen atoms in total. The van der Waals surface area contributed by atoms with E-state index in [9.17, 15) is 4.39 Å². The van der Waals surface area contributed by atoms with Crippen molar-refractivity contribution in [2.24, 2.45) is 0 Å². The molecule has 1 heterocycles. The van der Waals surface area contributed by atoms with Crippen LogP contribution in [0.2, 0.25) is 0 Å². The second-order valence-electron chi connectivity index (χ2n) is 4.56. The van der Waals surface area contributed by atoms with Crippen molar-refractivity contribution in [1.82, 2.24) is 10.2 Å². The van der Waals surface area contributed by atoms with E-state index >= 15 is 0 Å². The fraction of sp³-hybridized carbons (Fsp3) is 0.0625. The Balaban J connectivity index is 1.77. The first-order valence-electron chi connectivity index (χ1n) is 6.80. The van der Waals surface area contributed by atoms with Gasteiger partial charge in [-0.25, -0.2) is 4.39 Å². The van der Waals surface area contributed by atoms with Gasteiger partial charge < -0.3 is 10.1 Å². The number of ether oxygens (including phenoxy) is 1. The molecule has 0 fully saturated rings. The van der Waals surface area contributed by atoms with Gasteiger partial charge in [0, 0.05) is 16.6 Å². The number of nitrogens with zero attached hydrogens (tertiary/aromatic N) is 3. The molecule has 120 valence electrons. The summed E-state index contributed by atoms with van der Waals surface area (Å²) in [6.07, 6.45) is 0. The molecule has 0 amide bonds. The zero-order valence-electron chi connectivity index (χ0n) is 12.5. The number of anilines is 2. The van der Waals surface area contributed by atoms with Gasteiger partial charge in [0.2, 0.25) is 5.13 Å². The molecular weight excluding hydrogens is 347 g/mol. The maximum absolute atomic E-state index is 13.6. The van der Waals surface area contributed by atoms with Crippen LogP contribution in [0.3, 0.4) is 0 Å². The molecule has 0 saturated carbocycles. The first kappa shape index (κ1) is 16.2. The number of nitrogens with one attached hydrogen (secondary N) is 1. The van der Waals surface area contributed by atoms with E-state index in [-0.39, 0.29) is 5.56 Å². The maximum Gasteiger partial charge on any atom is 0.210 e. The Morgan fingerprint density at radius 2 is 2.08 bits per heavy atom. The SMILES string of the molecule is COc1cccc(Nc2nnc(Sc3cccc(F)c3C#N)s2)c1. The molecule has 0 unspecified atom stereocenters. The number of benzene rings is 2. The van der Waals surface area contributed by atoms with Crippen LogP contribution >= 0.6 is 23.1 Å². The number of aromatic nitrogens is 2. The molecule has 1 aromatic heterocycles. The van der Waals surface area contributed by atoms with Crippen LogP contribution in [0.5, 0.6) is 5.75 Å². The second kappa shape index (κ2) is 7.29. The largest absolute Gasteiger partial charge is 0.497 e. The summed E-state index contributed by atoms with van der Waals surface area (Å²) < 4.78 is 19.4. The van der Waals surface area contributed by atoms with Crippen molar-refractivity contribution in [3.8, 4) is 11.8 Å². The monoisotopic (exact) mass is 358 g/mol. The third kappa shape index (κ3) is 3.64. The zero-order chi connectivity index (χ0) is 16.9. The van der Waals surface area contributed by atoms with Gasteiger partial charge in [-0.2, -0.15) is 5.26 Å². The first-order chi connectivity index (χ1) is 11.7. The number of nitriles is 1. The van der Waals surface area contributed by atoms with Gasteiger partial charge in [0.15, 0.2) is 4.34 Å². The molecule has 0 saturated heterocycles. The zero-order valence-corrected chi connectivity index (χ0v) is 14.1. The minimum absolute atomic E-state index is 0.0139. The topological polar surface area (TPSA) is 70.8 Å². The van der Waals surface area contributed by atoms with E-state index in [0.717, 1.165) is 11.4 Å². The molecule has 0 spiro atoms. The summed E-state index contributed by atoms with van der Waals surface area (Å²) in [7, 11) is 1.60. The molecule has 1 N–H and O–H groups in total. The Kier molecular flexibility index (Phi) is 4.93. The molecule has 2 aromatic carbocycles. The molecule has 3 aromatic rings. The minimum Gasteiger partial charge on any atom is -0.497 e. The summed E-state index contributed by atoms with van der Waals surface area (Å²) in [5, 5.41) is 20.9. The molecule has 0 aliphatic heterocycles. The van der Waals surface area contributed by atoms with Crippen LogP contribution in [0.15, 0.2) is 51.7 Å². The molecule has 0 radical (unpaired) electrons. The summed E-state index contributed by atoms with van der Waals surface area (Å²) in [5.74, 6) is 0.194. The van der Waals surface area contributed by atoms with Crippen LogP contribution < -0.4 is 10.1 Å². The van der Waals surface area contributed by atoms with E-state index in [0.29, 0.717) is 14.4 Å². The van der Waals surface area contributed by atoms with Crippen molar-refractivity contribution in [2.45, 2.75) is 9.24 Å². The Labute approximate surface area is 146 Å². The van der Waals surface area contributed by atoms with E-state index in [1.807, 2.05) is 30.3 Å². The predicted molar refractivity (Wildman–Crippen MR) is 91.4 cm³/mol. The van der Waals surface area contributed by atoms with Crippen LogP contribution in [0.4, 0.5) is 15.2 Å². The average Bonchev–Trinajstić information content (AvgIpc) is 3.02. The highest BCUT2D eigenvalue weighted by atomic mass is 32.2. The maximum atomic E-state index is 13.6. The van der Waals surface area contributed by atoms with Crippen LogP contribution in [0, 0.1) is 17.1 Å². The Morgan fingerprint density at radius 3 is 2.88 bits per heavy atom. The Bertz CT molecular complexity index is 907. The lowest BCUT2D eigenvalue weighted by molar-refractivity contribution is 0.415. The van der Waals surface area contributed by atoms with Crippen molar-refractivity contribution in [3.63, 3.8) is 0 Å². The molecule has 0 bridgehead atoms. The van der Waals surface area contributed by atoms with Crippen molar-refractivity contribution < 1.29 is 9.13 Å². The molecular formula is C16H11FN4OS2. The lowest BCUT2D eigenvalue weighted by Gasteiger charge is -2.04. The van der Waals surface area contributed by atoms with Crippen LogP contribution in [-0.4, -0.2) is 17.3 Å². The van der Waals surface area contributed by atoms with Crippen molar-refractivity contribution in [2.75, 3.05) is 12.4 Å². The number of halogens is 1. The standard InChI is InChI=1S/C16H11FN4OS2/c1-22-11-5-2-4-10(8-11)19-15-20-21-16(24-15)23-14-7-3-6-13(17)12(14)9-18/h2-8H,1H3,(H,19,20). The first-order valence-corrected chi connectivity index (χ1v) is 8.44. The molecule has 3 rings (SSSR count). The van der Waals surface area contributed by atoms with Gasteiger partial charge in [-0.1, -0.05) is 35.2 Å². The minimum atomic E-state index is -0.540. The smallest absolute Gasteiger partial charge is 0.210 e. The summed E-state index contributed by atoms with van der Waals surface area (Å²) in [6.45, 7) is 0. The molecule has 0 aliphatic carbocycles. The molecule has 0 atom stereocenters. The quantitative estimate of drug-likeness (QED) is 0.726. The fourth-order valence-corrected chi connectivity index (χ4v) is 3.75. The van der Waals surface area contributed by atoms with Gasteiger partial charge in [0.1, 0.15) is 23.2 Å². The highest BCUT2D eigenvalue weighted by Gasteiger charge is 2.12. The Morgan fingerprint density at radius 1 is 1.25 bits per heavy atom. The van der Waals surface area contributed by atoms with Crippen LogP contribution in [0.1, 0.15) is 5.56 Å². The van der Waals surface area contributed by atoms with Gasteiger partial charge in [0.25, 0.3) is 0 Å². The lowest BCUT2D eigenvalue weighted by atomic mass is 10.2. The average molecular weight is 358 g/mol. The third-order valence-electron chi connectivity index (χ3n) is 3.01. The van der Waals surface area contributed by atoms with Crippen LogP contribution in [-0.2, 0) is 0 Å². The Hall–Kier alpha value is -2.63. The molecule has 24 heavy (non-hydrogen) atoms. The lowest BCUT2D eigenvalue weighted by Crippen LogP contribution is -1.90. The highest BCUT2D eigenvalue weighted by Crippen LogP contribution is 2.35. The van der Waals surface area contributed by atoms with Crippen molar-refractivity contribution >= 4 is 33.9 Å². The van der Waals surface area contributed by atoms with Crippen LogP contribution in [0.25, 0.3) is 0 Å². The van der Waals surface area contributed by atoms with E-state index in [4.69, 9.17) is 10.00 Å². The predicted octanol–water partition coefficient (Wildman–Crippen LogP) is 4.45. The van der Waals surface area contributed by atoms with Gasteiger partial charge in [-0.15, -0.1) is 10.2 Å². The van der Waals surface area contributed by atoms with Gasteiger partial charge in [-0.05, 0) is 24.3 Å². The second-order valence-corrected chi connectivity index (χ2v) is 6.82. The van der Waals surface area contributed by atoms with E-state index in [1.165, 1.54) is 29.2 Å². The summed E-state index contributed by atoms with van der Waals surface area (Å²) in [6, 6.07) is 13.8. The number of hydrogen-bond donors (Lipinski definition) is 1. The van der Waals surface area contributed by atoms with Crippen molar-refractivity contribution in [1.29, 1.82) is 5.26 Å². The summed E-state index contributed by atoms with van der Waals surface area (Å²) in [4.78, 5) is 0.515. The normalized spacial score (nSPS) is 10.2. The third-order valence-corrected chi connectivity index (χ3v) is 4.96. The highest BCUT2D eigenvalue weighted by molar-refractivity contribution is 8.01.